The molecule has 1 aliphatic carbocycles. The third-order valence-corrected chi connectivity index (χ3v) is 7.27. The third kappa shape index (κ3) is 6.21. The maximum absolute atomic E-state index is 13.2. The Hall–Kier alpha value is -1.63. The lowest BCUT2D eigenvalue weighted by molar-refractivity contribution is -0.127. The van der Waals surface area contributed by atoms with Gasteiger partial charge in [0.1, 0.15) is 11.9 Å². The van der Waals surface area contributed by atoms with Crippen LogP contribution in [0.1, 0.15) is 51.4 Å². The summed E-state index contributed by atoms with van der Waals surface area (Å²) in [6.45, 7) is 4.01. The molecular formula is C25H39N3O3. The zero-order chi connectivity index (χ0) is 21.5. The van der Waals surface area contributed by atoms with Gasteiger partial charge in [0.25, 0.3) is 0 Å². The lowest BCUT2D eigenvalue weighted by atomic mass is 9.94. The minimum atomic E-state index is -0.114. The van der Waals surface area contributed by atoms with Crippen LogP contribution in [0.5, 0.6) is 5.75 Å². The van der Waals surface area contributed by atoms with Gasteiger partial charge in [-0.15, -0.1) is 0 Å². The molecule has 2 atom stereocenters. The quantitative estimate of drug-likeness (QED) is 0.688. The summed E-state index contributed by atoms with van der Waals surface area (Å²) in [5.74, 6) is 1.04. The molecule has 6 nitrogen and oxygen atoms in total. The van der Waals surface area contributed by atoms with Crippen molar-refractivity contribution in [2.45, 2.75) is 75.6 Å². The van der Waals surface area contributed by atoms with Crippen molar-refractivity contribution in [3.05, 3.63) is 30.3 Å². The van der Waals surface area contributed by atoms with E-state index in [4.69, 9.17) is 9.47 Å². The van der Waals surface area contributed by atoms with E-state index in [0.717, 1.165) is 51.3 Å². The first-order valence-corrected chi connectivity index (χ1v) is 12.2. The molecule has 1 N–H and O–H groups in total. The van der Waals surface area contributed by atoms with Crippen molar-refractivity contribution in [3.63, 3.8) is 0 Å². The van der Waals surface area contributed by atoms with Crippen molar-refractivity contribution >= 4 is 5.91 Å². The standard InChI is InChI=1S/C25H39N3O3/c1-27(20-8-4-2-5-9-20)15-14-26-25(29)24-18-23(31-22-10-6-3-7-11-22)19-28(24)21-12-16-30-17-13-21/h3,6-7,10-11,20-21,23-24H,2,4-5,8-9,12-19H2,1H3,(H,26,29)/t23-,24-/m0/s1. The smallest absolute Gasteiger partial charge is 0.237 e. The van der Waals surface area contributed by atoms with E-state index in [1.807, 2.05) is 30.3 Å². The maximum Gasteiger partial charge on any atom is 0.237 e. The largest absolute Gasteiger partial charge is 0.489 e. The Morgan fingerprint density at radius 1 is 1.13 bits per heavy atom. The highest BCUT2D eigenvalue weighted by Crippen LogP contribution is 2.28. The molecule has 1 saturated carbocycles. The van der Waals surface area contributed by atoms with Crippen LogP contribution in [0.4, 0.5) is 0 Å². The second-order valence-corrected chi connectivity index (χ2v) is 9.41. The van der Waals surface area contributed by atoms with E-state index >= 15 is 0 Å². The van der Waals surface area contributed by atoms with Crippen LogP contribution in [0, 0.1) is 0 Å². The fourth-order valence-corrected chi connectivity index (χ4v) is 5.45. The molecule has 2 saturated heterocycles. The zero-order valence-electron chi connectivity index (χ0n) is 19.0. The number of hydrogen-bond acceptors (Lipinski definition) is 5. The van der Waals surface area contributed by atoms with Crippen LogP contribution in [-0.2, 0) is 9.53 Å². The number of carbonyl (C=O) groups is 1. The van der Waals surface area contributed by atoms with Gasteiger partial charge in [-0.25, -0.2) is 0 Å². The maximum atomic E-state index is 13.2. The van der Waals surface area contributed by atoms with E-state index in [2.05, 4.69) is 22.2 Å². The van der Waals surface area contributed by atoms with Gasteiger partial charge in [-0.1, -0.05) is 37.5 Å². The Kier molecular flexibility index (Phi) is 8.22. The van der Waals surface area contributed by atoms with E-state index in [-0.39, 0.29) is 18.1 Å². The van der Waals surface area contributed by atoms with Gasteiger partial charge in [0, 0.05) is 51.4 Å². The van der Waals surface area contributed by atoms with Crippen molar-refractivity contribution in [1.82, 2.24) is 15.1 Å². The molecule has 0 spiro atoms. The number of para-hydroxylation sites is 1. The van der Waals surface area contributed by atoms with Gasteiger partial charge in [-0.3, -0.25) is 9.69 Å². The number of likely N-dealkylation sites (tertiary alicyclic amines) is 1. The van der Waals surface area contributed by atoms with Gasteiger partial charge in [0.05, 0.1) is 6.04 Å². The average Bonchev–Trinajstić information content (AvgIpc) is 3.24. The average molecular weight is 430 g/mol. The first-order chi connectivity index (χ1) is 15.2. The number of rotatable bonds is 8. The van der Waals surface area contributed by atoms with Crippen molar-refractivity contribution < 1.29 is 14.3 Å². The molecule has 4 rings (SSSR count). The van der Waals surface area contributed by atoms with Crippen LogP contribution in [0.15, 0.2) is 30.3 Å². The van der Waals surface area contributed by atoms with E-state index < -0.39 is 0 Å². The Labute approximate surface area is 187 Å². The molecule has 1 amide bonds. The third-order valence-electron chi connectivity index (χ3n) is 7.27. The number of nitrogens with one attached hydrogen (secondary N) is 1. The number of amides is 1. The summed E-state index contributed by atoms with van der Waals surface area (Å²) in [5, 5.41) is 3.24. The van der Waals surface area contributed by atoms with Gasteiger partial charge in [-0.05, 0) is 44.9 Å². The molecule has 3 fully saturated rings. The van der Waals surface area contributed by atoms with E-state index in [9.17, 15) is 4.79 Å². The van der Waals surface area contributed by atoms with Crippen molar-refractivity contribution in [2.24, 2.45) is 0 Å². The number of hydrogen-bond donors (Lipinski definition) is 1. The minimum Gasteiger partial charge on any atom is -0.489 e. The van der Waals surface area contributed by atoms with Crippen LogP contribution in [0.3, 0.4) is 0 Å². The molecule has 0 bridgehead atoms. The summed E-state index contributed by atoms with van der Waals surface area (Å²) < 4.78 is 11.8. The second-order valence-electron chi connectivity index (χ2n) is 9.41. The van der Waals surface area contributed by atoms with Crippen LogP contribution < -0.4 is 10.1 Å². The number of nitrogens with zero attached hydrogens (tertiary/aromatic N) is 2. The normalized spacial score (nSPS) is 26.3. The summed E-state index contributed by atoms with van der Waals surface area (Å²) in [6.07, 6.45) is 9.42. The predicted molar refractivity (Wildman–Crippen MR) is 122 cm³/mol. The lowest BCUT2D eigenvalue weighted by Crippen LogP contribution is -2.50. The van der Waals surface area contributed by atoms with Crippen molar-refractivity contribution in [1.29, 1.82) is 0 Å². The first kappa shape index (κ1) is 22.6. The van der Waals surface area contributed by atoms with Crippen LogP contribution in [-0.4, -0.2) is 79.8 Å². The summed E-state index contributed by atoms with van der Waals surface area (Å²) in [6, 6.07) is 10.9. The van der Waals surface area contributed by atoms with Gasteiger partial charge < -0.3 is 19.7 Å². The van der Waals surface area contributed by atoms with Crippen LogP contribution in [0.2, 0.25) is 0 Å². The second kappa shape index (κ2) is 11.3. The molecule has 1 aromatic rings. The van der Waals surface area contributed by atoms with Crippen LogP contribution in [0.25, 0.3) is 0 Å². The molecule has 172 valence electrons. The highest BCUT2D eigenvalue weighted by molar-refractivity contribution is 5.82. The highest BCUT2D eigenvalue weighted by Gasteiger charge is 2.41. The van der Waals surface area contributed by atoms with E-state index in [1.54, 1.807) is 0 Å². The molecule has 3 aliphatic rings. The Morgan fingerprint density at radius 3 is 2.61 bits per heavy atom. The van der Waals surface area contributed by atoms with Crippen molar-refractivity contribution in [3.8, 4) is 5.75 Å². The van der Waals surface area contributed by atoms with Crippen LogP contribution >= 0.6 is 0 Å². The number of benzene rings is 1. The summed E-state index contributed by atoms with van der Waals surface area (Å²) in [4.78, 5) is 18.0. The molecule has 0 radical (unpaired) electrons. The number of carbonyl (C=O) groups excluding carboxylic acids is 1. The highest BCUT2D eigenvalue weighted by atomic mass is 16.5. The number of ether oxygens (including phenoxy) is 2. The summed E-state index contributed by atoms with van der Waals surface area (Å²) >= 11 is 0. The van der Waals surface area contributed by atoms with Gasteiger partial charge in [0.15, 0.2) is 0 Å². The minimum absolute atomic E-state index is 0.0471. The molecule has 2 aliphatic heterocycles. The summed E-state index contributed by atoms with van der Waals surface area (Å²) in [5.41, 5.74) is 0. The zero-order valence-corrected chi connectivity index (χ0v) is 19.0. The molecule has 6 heteroatoms. The van der Waals surface area contributed by atoms with E-state index in [0.29, 0.717) is 18.6 Å². The van der Waals surface area contributed by atoms with Gasteiger partial charge >= 0.3 is 0 Å². The molecular weight excluding hydrogens is 390 g/mol. The van der Waals surface area contributed by atoms with Gasteiger partial charge in [-0.2, -0.15) is 0 Å². The molecule has 31 heavy (non-hydrogen) atoms. The lowest BCUT2D eigenvalue weighted by Gasteiger charge is -2.35. The Balaban J connectivity index is 1.32. The Morgan fingerprint density at radius 2 is 1.87 bits per heavy atom. The van der Waals surface area contributed by atoms with E-state index in [1.165, 1.54) is 32.1 Å². The first-order valence-electron chi connectivity index (χ1n) is 12.2. The Bertz CT molecular complexity index is 674. The van der Waals surface area contributed by atoms with Gasteiger partial charge in [0.2, 0.25) is 5.91 Å². The monoisotopic (exact) mass is 429 g/mol. The molecule has 1 aromatic carbocycles. The van der Waals surface area contributed by atoms with Crippen molar-refractivity contribution in [2.75, 3.05) is 39.9 Å². The fraction of sp³-hybridized carbons (Fsp3) is 0.720. The predicted octanol–water partition coefficient (Wildman–Crippen LogP) is 3.07. The molecule has 0 aromatic heterocycles. The molecule has 2 heterocycles. The molecule has 0 unspecified atom stereocenters. The SMILES string of the molecule is CN(CCNC(=O)[C@@H]1C[C@H](Oc2ccccc2)CN1C1CCOCC1)C1CCCCC1. The summed E-state index contributed by atoms with van der Waals surface area (Å²) in [7, 11) is 2.20. The topological polar surface area (TPSA) is 54.0 Å². The fourth-order valence-electron chi connectivity index (χ4n) is 5.45. The number of likely N-dealkylation sites (N-methyl/N-ethyl adjacent to an activating group) is 1.